The lowest BCUT2D eigenvalue weighted by Crippen LogP contribution is -2.33. The first-order valence-electron chi connectivity index (χ1n) is 6.81. The highest BCUT2D eigenvalue weighted by atomic mass is 32.1. The minimum Gasteiger partial charge on any atom is -0.269 e. The number of aromatic nitrogens is 1. The molecule has 2 N–H and O–H groups in total. The number of hydrazine groups is 1. The van der Waals surface area contributed by atoms with E-state index in [0.29, 0.717) is 0 Å². The van der Waals surface area contributed by atoms with Crippen LogP contribution in [0.15, 0.2) is 0 Å². The lowest BCUT2D eigenvalue weighted by molar-refractivity contribution is 0.298. The molecule has 3 rings (SSSR count). The topological polar surface area (TPSA) is 42.1 Å². The molecule has 0 unspecified atom stereocenters. The van der Waals surface area contributed by atoms with Crippen LogP contribution in [-0.2, 0) is 12.8 Å². The smallest absolute Gasteiger partial charge is 0.0962 e. The summed E-state index contributed by atoms with van der Waals surface area (Å²) in [5.74, 6) is 6.62. The summed E-state index contributed by atoms with van der Waals surface area (Å²) in [4.78, 5) is 6.40. The summed E-state index contributed by atoms with van der Waals surface area (Å²) in [6.07, 6.45) is 9.05. The maximum atomic E-state index is 5.86. The van der Waals surface area contributed by atoms with Crippen LogP contribution in [0.4, 0.5) is 0 Å². The van der Waals surface area contributed by atoms with Gasteiger partial charge in [0.25, 0.3) is 0 Å². The molecular weight excluding hydrogens is 230 g/mol. The number of fused-ring (bicyclic) bond motifs is 1. The lowest BCUT2D eigenvalue weighted by atomic mass is 9.90. The highest BCUT2D eigenvalue weighted by molar-refractivity contribution is 7.11. The molecule has 3 nitrogen and oxygen atoms in total. The van der Waals surface area contributed by atoms with Gasteiger partial charge in [-0.05, 0) is 19.3 Å². The SMILES string of the molecule is NN1CCc2nc(C3CCCCC3)sc2CC1. The van der Waals surface area contributed by atoms with Crippen LogP contribution < -0.4 is 5.84 Å². The molecule has 0 radical (unpaired) electrons. The molecular formula is C13H21N3S. The first kappa shape index (κ1) is 11.6. The van der Waals surface area contributed by atoms with Crippen molar-refractivity contribution < 1.29 is 0 Å². The molecule has 2 aliphatic rings. The summed E-state index contributed by atoms with van der Waals surface area (Å²) in [6.45, 7) is 1.94. The average Bonchev–Trinajstić information content (AvgIpc) is 2.71. The Bertz CT molecular complexity index is 357. The van der Waals surface area contributed by atoms with Crippen LogP contribution in [0, 0.1) is 0 Å². The number of thiazole rings is 1. The fourth-order valence-corrected chi connectivity index (χ4v) is 4.19. The molecule has 0 atom stereocenters. The molecule has 1 saturated carbocycles. The second kappa shape index (κ2) is 5.04. The zero-order valence-corrected chi connectivity index (χ0v) is 11.1. The third-order valence-corrected chi connectivity index (χ3v) is 5.33. The van der Waals surface area contributed by atoms with Gasteiger partial charge in [0.15, 0.2) is 0 Å². The highest BCUT2D eigenvalue weighted by Gasteiger charge is 2.22. The van der Waals surface area contributed by atoms with Crippen molar-refractivity contribution in [1.29, 1.82) is 0 Å². The van der Waals surface area contributed by atoms with Gasteiger partial charge in [0.05, 0.1) is 10.7 Å². The maximum Gasteiger partial charge on any atom is 0.0962 e. The van der Waals surface area contributed by atoms with Gasteiger partial charge in [0, 0.05) is 30.3 Å². The van der Waals surface area contributed by atoms with Crippen LogP contribution >= 0.6 is 11.3 Å². The molecule has 0 bridgehead atoms. The minimum atomic E-state index is 0.759. The van der Waals surface area contributed by atoms with E-state index in [1.54, 1.807) is 0 Å². The normalized spacial score (nSPS) is 23.4. The molecule has 1 aromatic rings. The predicted octanol–water partition coefficient (Wildman–Crippen LogP) is 2.47. The molecule has 0 aromatic carbocycles. The lowest BCUT2D eigenvalue weighted by Gasteiger charge is -2.19. The first-order valence-corrected chi connectivity index (χ1v) is 7.62. The van der Waals surface area contributed by atoms with Gasteiger partial charge in [-0.3, -0.25) is 5.84 Å². The summed E-state index contributed by atoms with van der Waals surface area (Å²) in [5.41, 5.74) is 1.34. The van der Waals surface area contributed by atoms with Crippen LogP contribution in [0.3, 0.4) is 0 Å². The zero-order chi connectivity index (χ0) is 11.7. The molecule has 94 valence electrons. The Labute approximate surface area is 107 Å². The average molecular weight is 251 g/mol. The molecule has 1 aliphatic carbocycles. The van der Waals surface area contributed by atoms with Crippen molar-refractivity contribution in [2.45, 2.75) is 50.9 Å². The zero-order valence-electron chi connectivity index (χ0n) is 10.3. The van der Waals surface area contributed by atoms with E-state index < -0.39 is 0 Å². The quantitative estimate of drug-likeness (QED) is 0.780. The standard InChI is InChI=1S/C13H21N3S/c14-16-8-6-11-12(7-9-16)17-13(15-11)10-4-2-1-3-5-10/h10H,1-9,14H2. The van der Waals surface area contributed by atoms with Gasteiger partial charge in [-0.2, -0.15) is 0 Å². The van der Waals surface area contributed by atoms with Crippen molar-refractivity contribution in [1.82, 2.24) is 9.99 Å². The van der Waals surface area contributed by atoms with E-state index in [1.165, 1.54) is 47.7 Å². The van der Waals surface area contributed by atoms with Gasteiger partial charge in [0.1, 0.15) is 0 Å². The Morgan fingerprint density at radius 1 is 1.12 bits per heavy atom. The van der Waals surface area contributed by atoms with Crippen LogP contribution in [0.1, 0.15) is 53.6 Å². The Kier molecular flexibility index (Phi) is 3.45. The third kappa shape index (κ3) is 2.54. The fraction of sp³-hybridized carbons (Fsp3) is 0.769. The molecule has 4 heteroatoms. The molecule has 2 heterocycles. The van der Waals surface area contributed by atoms with Gasteiger partial charge < -0.3 is 0 Å². The third-order valence-electron chi connectivity index (χ3n) is 4.01. The van der Waals surface area contributed by atoms with Crippen molar-refractivity contribution in [2.75, 3.05) is 13.1 Å². The van der Waals surface area contributed by atoms with Crippen LogP contribution in [0.25, 0.3) is 0 Å². The van der Waals surface area contributed by atoms with E-state index in [2.05, 4.69) is 0 Å². The fourth-order valence-electron chi connectivity index (χ4n) is 2.92. The molecule has 1 aromatic heterocycles. The van der Waals surface area contributed by atoms with Crippen LogP contribution in [-0.4, -0.2) is 23.1 Å². The van der Waals surface area contributed by atoms with E-state index in [9.17, 15) is 0 Å². The second-order valence-electron chi connectivity index (χ2n) is 5.29. The van der Waals surface area contributed by atoms with Gasteiger partial charge in [-0.1, -0.05) is 19.3 Å². The van der Waals surface area contributed by atoms with Crippen molar-refractivity contribution in [2.24, 2.45) is 5.84 Å². The second-order valence-corrected chi connectivity index (χ2v) is 6.41. The molecule has 0 spiro atoms. The van der Waals surface area contributed by atoms with Crippen molar-refractivity contribution in [3.05, 3.63) is 15.6 Å². The molecule has 17 heavy (non-hydrogen) atoms. The Hall–Kier alpha value is -0.450. The predicted molar refractivity (Wildman–Crippen MR) is 71.1 cm³/mol. The van der Waals surface area contributed by atoms with Gasteiger partial charge in [-0.25, -0.2) is 9.99 Å². The number of nitrogens with two attached hydrogens (primary N) is 1. The van der Waals surface area contributed by atoms with E-state index in [-0.39, 0.29) is 0 Å². The highest BCUT2D eigenvalue weighted by Crippen LogP contribution is 2.36. The van der Waals surface area contributed by atoms with Gasteiger partial charge in [-0.15, -0.1) is 11.3 Å². The van der Waals surface area contributed by atoms with Crippen LogP contribution in [0.5, 0.6) is 0 Å². The monoisotopic (exact) mass is 251 g/mol. The molecule has 0 saturated heterocycles. The molecule has 1 aliphatic heterocycles. The van der Waals surface area contributed by atoms with Crippen LogP contribution in [0.2, 0.25) is 0 Å². The summed E-state index contributed by atoms with van der Waals surface area (Å²) >= 11 is 1.96. The maximum absolute atomic E-state index is 5.86. The summed E-state index contributed by atoms with van der Waals surface area (Å²) in [7, 11) is 0. The largest absolute Gasteiger partial charge is 0.269 e. The minimum absolute atomic E-state index is 0.759. The van der Waals surface area contributed by atoms with Crippen molar-refractivity contribution in [3.8, 4) is 0 Å². The summed E-state index contributed by atoms with van der Waals surface area (Å²) < 4.78 is 0. The first-order chi connectivity index (χ1) is 8.33. The number of nitrogens with zero attached hydrogens (tertiary/aromatic N) is 2. The summed E-state index contributed by atoms with van der Waals surface area (Å²) in [5, 5.41) is 3.34. The Morgan fingerprint density at radius 3 is 2.71 bits per heavy atom. The Morgan fingerprint density at radius 2 is 1.88 bits per heavy atom. The molecule has 0 amide bonds. The Balaban J connectivity index is 1.77. The van der Waals surface area contributed by atoms with E-state index >= 15 is 0 Å². The van der Waals surface area contributed by atoms with Gasteiger partial charge >= 0.3 is 0 Å². The van der Waals surface area contributed by atoms with Gasteiger partial charge in [0.2, 0.25) is 0 Å². The van der Waals surface area contributed by atoms with Crippen molar-refractivity contribution in [3.63, 3.8) is 0 Å². The number of hydrogen-bond donors (Lipinski definition) is 1. The molecule has 1 fully saturated rings. The number of hydrogen-bond acceptors (Lipinski definition) is 4. The van der Waals surface area contributed by atoms with Crippen molar-refractivity contribution >= 4 is 11.3 Å². The van der Waals surface area contributed by atoms with E-state index in [0.717, 1.165) is 31.8 Å². The van der Waals surface area contributed by atoms with E-state index in [4.69, 9.17) is 10.8 Å². The number of rotatable bonds is 1. The van der Waals surface area contributed by atoms with E-state index in [1.807, 2.05) is 16.3 Å². The summed E-state index contributed by atoms with van der Waals surface area (Å²) in [6, 6.07) is 0.